The van der Waals surface area contributed by atoms with Gasteiger partial charge in [-0.1, -0.05) is 48.0 Å². The van der Waals surface area contributed by atoms with Gasteiger partial charge in [0.05, 0.1) is 26.8 Å². The van der Waals surface area contributed by atoms with Gasteiger partial charge in [0.2, 0.25) is 0 Å². The monoisotopic (exact) mass is 438 g/mol. The van der Waals surface area contributed by atoms with E-state index in [1.807, 2.05) is 36.4 Å². The molecule has 3 aromatic rings. The van der Waals surface area contributed by atoms with Gasteiger partial charge in [-0.15, -0.1) is 0 Å². The highest BCUT2D eigenvalue weighted by molar-refractivity contribution is 6.30. The lowest BCUT2D eigenvalue weighted by atomic mass is 9.96. The van der Waals surface area contributed by atoms with Crippen LogP contribution in [0.5, 0.6) is 5.75 Å². The van der Waals surface area contributed by atoms with Gasteiger partial charge in [0.15, 0.2) is 0 Å². The van der Waals surface area contributed by atoms with E-state index >= 15 is 0 Å². The van der Waals surface area contributed by atoms with Crippen molar-refractivity contribution >= 4 is 29.2 Å². The first-order valence-corrected chi connectivity index (χ1v) is 9.99. The Balaban J connectivity index is 1.93. The Hall–Kier alpha value is -3.35. The zero-order valence-corrected chi connectivity index (χ0v) is 18.0. The van der Waals surface area contributed by atoms with E-state index in [4.69, 9.17) is 21.1 Å². The van der Waals surface area contributed by atoms with Crippen LogP contribution in [0.15, 0.2) is 72.8 Å². The molecule has 0 saturated carbocycles. The summed E-state index contributed by atoms with van der Waals surface area (Å²) in [5.41, 5.74) is 2.77. The van der Waals surface area contributed by atoms with Crippen molar-refractivity contribution < 1.29 is 19.1 Å². The lowest BCUT2D eigenvalue weighted by molar-refractivity contribution is -0.139. The highest BCUT2D eigenvalue weighted by atomic mass is 35.5. The minimum absolute atomic E-state index is 0.00194. The van der Waals surface area contributed by atoms with Crippen molar-refractivity contribution in [3.05, 3.63) is 94.5 Å². The van der Waals surface area contributed by atoms with E-state index in [1.54, 1.807) is 43.5 Å². The molecule has 2 N–H and O–H groups in total. The SMILES string of the molecule is COC(=O)CN[C@@H](c1ccc(Cl)cc1)c1ccccc1NC(=O)c1cccc(OC)c1. The van der Waals surface area contributed by atoms with E-state index in [-0.39, 0.29) is 18.5 Å². The van der Waals surface area contributed by atoms with Crippen molar-refractivity contribution in [2.24, 2.45) is 0 Å². The minimum Gasteiger partial charge on any atom is -0.497 e. The van der Waals surface area contributed by atoms with Crippen LogP contribution in [0.25, 0.3) is 0 Å². The lowest BCUT2D eigenvalue weighted by Crippen LogP contribution is -2.30. The maximum absolute atomic E-state index is 12.9. The summed E-state index contributed by atoms with van der Waals surface area (Å²) in [4.78, 5) is 24.6. The van der Waals surface area contributed by atoms with Gasteiger partial charge in [-0.2, -0.15) is 0 Å². The van der Waals surface area contributed by atoms with Crippen LogP contribution in [0.3, 0.4) is 0 Å². The van der Waals surface area contributed by atoms with Gasteiger partial charge >= 0.3 is 5.97 Å². The van der Waals surface area contributed by atoms with Crippen molar-refractivity contribution in [1.29, 1.82) is 0 Å². The average Bonchev–Trinajstić information content (AvgIpc) is 2.81. The van der Waals surface area contributed by atoms with Crippen molar-refractivity contribution in [2.75, 3.05) is 26.1 Å². The number of ether oxygens (including phenoxy) is 2. The van der Waals surface area contributed by atoms with E-state index < -0.39 is 5.97 Å². The van der Waals surface area contributed by atoms with Crippen molar-refractivity contribution in [3.8, 4) is 5.75 Å². The number of rotatable bonds is 8. The largest absolute Gasteiger partial charge is 0.497 e. The van der Waals surface area contributed by atoms with Crippen molar-refractivity contribution in [2.45, 2.75) is 6.04 Å². The van der Waals surface area contributed by atoms with Gasteiger partial charge in [-0.3, -0.25) is 14.9 Å². The number of methoxy groups -OCH3 is 2. The molecule has 31 heavy (non-hydrogen) atoms. The number of carbonyl (C=O) groups excluding carboxylic acids is 2. The Morgan fingerprint density at radius 2 is 1.71 bits per heavy atom. The van der Waals surface area contributed by atoms with Crippen molar-refractivity contribution in [3.63, 3.8) is 0 Å². The molecule has 0 aliphatic heterocycles. The van der Waals surface area contributed by atoms with Gasteiger partial charge in [0.1, 0.15) is 5.75 Å². The molecule has 0 saturated heterocycles. The van der Waals surface area contributed by atoms with Crippen LogP contribution in [0.2, 0.25) is 5.02 Å². The fourth-order valence-electron chi connectivity index (χ4n) is 3.14. The highest BCUT2D eigenvalue weighted by Gasteiger charge is 2.20. The van der Waals surface area contributed by atoms with E-state index in [0.29, 0.717) is 22.0 Å². The van der Waals surface area contributed by atoms with Crippen LogP contribution in [0.4, 0.5) is 5.69 Å². The van der Waals surface area contributed by atoms with Crippen LogP contribution in [-0.2, 0) is 9.53 Å². The number of anilines is 1. The van der Waals surface area contributed by atoms with Gasteiger partial charge in [-0.05, 0) is 47.5 Å². The molecule has 6 nitrogen and oxygen atoms in total. The molecule has 3 rings (SSSR count). The summed E-state index contributed by atoms with van der Waals surface area (Å²) in [6, 6.07) is 21.3. The second-order valence-corrected chi connectivity index (χ2v) is 7.15. The van der Waals surface area contributed by atoms with Crippen LogP contribution in [-0.4, -0.2) is 32.6 Å². The first kappa shape index (κ1) is 22.3. The molecule has 0 radical (unpaired) electrons. The summed E-state index contributed by atoms with van der Waals surface area (Å²) in [5.74, 6) is -0.0641. The third-order valence-corrected chi connectivity index (χ3v) is 4.99. The summed E-state index contributed by atoms with van der Waals surface area (Å²) in [6.07, 6.45) is 0. The number of para-hydroxylation sites is 1. The normalized spacial score (nSPS) is 11.5. The van der Waals surface area contributed by atoms with E-state index in [9.17, 15) is 9.59 Å². The zero-order valence-electron chi connectivity index (χ0n) is 17.2. The minimum atomic E-state index is -0.392. The summed E-state index contributed by atoms with van der Waals surface area (Å²) in [7, 11) is 2.89. The number of hydrogen-bond acceptors (Lipinski definition) is 5. The van der Waals surface area contributed by atoms with E-state index in [1.165, 1.54) is 7.11 Å². The smallest absolute Gasteiger partial charge is 0.319 e. The molecule has 0 bridgehead atoms. The molecule has 0 aliphatic carbocycles. The topological polar surface area (TPSA) is 76.7 Å². The Morgan fingerprint density at radius 1 is 0.968 bits per heavy atom. The highest BCUT2D eigenvalue weighted by Crippen LogP contribution is 2.30. The number of esters is 1. The fraction of sp³-hybridized carbons (Fsp3) is 0.167. The maximum Gasteiger partial charge on any atom is 0.319 e. The van der Waals surface area contributed by atoms with Gasteiger partial charge in [0.25, 0.3) is 5.91 Å². The predicted molar refractivity (Wildman–Crippen MR) is 121 cm³/mol. The molecule has 0 aliphatic rings. The summed E-state index contributed by atoms with van der Waals surface area (Å²) < 4.78 is 9.97. The third kappa shape index (κ3) is 5.84. The molecule has 1 amide bonds. The molecule has 0 fully saturated rings. The van der Waals surface area contributed by atoms with E-state index in [2.05, 4.69) is 10.6 Å². The maximum atomic E-state index is 12.9. The van der Waals surface area contributed by atoms with Crippen LogP contribution >= 0.6 is 11.6 Å². The second-order valence-electron chi connectivity index (χ2n) is 6.71. The number of nitrogens with one attached hydrogen (secondary N) is 2. The third-order valence-electron chi connectivity index (χ3n) is 4.73. The first-order valence-electron chi connectivity index (χ1n) is 9.62. The number of benzene rings is 3. The summed E-state index contributed by atoms with van der Waals surface area (Å²) in [6.45, 7) is 0.00194. The second kappa shape index (κ2) is 10.6. The number of hydrogen-bond donors (Lipinski definition) is 2. The average molecular weight is 439 g/mol. The van der Waals surface area contributed by atoms with Gasteiger partial charge < -0.3 is 14.8 Å². The van der Waals surface area contributed by atoms with Gasteiger partial charge in [-0.25, -0.2) is 0 Å². The molecular formula is C24H23ClN2O4. The summed E-state index contributed by atoms with van der Waals surface area (Å²) in [5, 5.41) is 6.78. The molecular weight excluding hydrogens is 416 g/mol. The molecule has 0 heterocycles. The molecule has 0 spiro atoms. The Morgan fingerprint density at radius 3 is 2.42 bits per heavy atom. The number of halogens is 1. The standard InChI is InChI=1S/C24H23ClN2O4/c1-30-19-7-5-6-17(14-19)24(29)27-21-9-4-3-8-20(21)23(26-15-22(28)31-2)16-10-12-18(25)13-11-16/h3-14,23,26H,15H2,1-2H3,(H,27,29)/t23-/m0/s1. The van der Waals surface area contributed by atoms with Crippen LogP contribution in [0.1, 0.15) is 27.5 Å². The molecule has 3 aromatic carbocycles. The molecule has 7 heteroatoms. The Kier molecular flexibility index (Phi) is 7.65. The Bertz CT molecular complexity index is 1050. The quantitative estimate of drug-likeness (QED) is 0.508. The van der Waals surface area contributed by atoms with Gasteiger partial charge in [0, 0.05) is 16.3 Å². The van der Waals surface area contributed by atoms with Crippen LogP contribution in [0, 0.1) is 0 Å². The lowest BCUT2D eigenvalue weighted by Gasteiger charge is -2.22. The molecule has 160 valence electrons. The van der Waals surface area contributed by atoms with E-state index in [0.717, 1.165) is 11.1 Å². The van der Waals surface area contributed by atoms with Crippen molar-refractivity contribution in [1.82, 2.24) is 5.32 Å². The molecule has 1 atom stereocenters. The Labute approximate surface area is 186 Å². The van der Waals surface area contributed by atoms with Crippen LogP contribution < -0.4 is 15.4 Å². The molecule has 0 aromatic heterocycles. The number of amides is 1. The molecule has 0 unspecified atom stereocenters. The zero-order chi connectivity index (χ0) is 22.2. The first-order chi connectivity index (χ1) is 15.0. The number of carbonyl (C=O) groups is 2. The predicted octanol–water partition coefficient (Wildman–Crippen LogP) is 4.45. The fourth-order valence-corrected chi connectivity index (χ4v) is 3.27. The summed E-state index contributed by atoms with van der Waals surface area (Å²) >= 11 is 6.04.